The minimum absolute atomic E-state index is 0.462. The highest BCUT2D eigenvalue weighted by atomic mass is 16.1. The molecule has 10 heavy (non-hydrogen) atoms. The predicted octanol–water partition coefficient (Wildman–Crippen LogP) is -0.167. The molecule has 0 spiro atoms. The molecule has 1 aliphatic carbocycles. The first kappa shape index (κ1) is 6.65. The Morgan fingerprint density at radius 1 is 1.40 bits per heavy atom. The Balaban J connectivity index is 2.98. The van der Waals surface area contributed by atoms with E-state index in [0.717, 1.165) is 0 Å². The summed E-state index contributed by atoms with van der Waals surface area (Å²) < 4.78 is 0. The molecule has 0 aromatic carbocycles. The maximum absolute atomic E-state index is 10.1. The van der Waals surface area contributed by atoms with Gasteiger partial charge in [0.1, 0.15) is 5.94 Å². The van der Waals surface area contributed by atoms with Gasteiger partial charge >= 0.3 is 0 Å². The van der Waals surface area contributed by atoms with Crippen LogP contribution < -0.4 is 11.5 Å². The van der Waals surface area contributed by atoms with Crippen LogP contribution in [-0.4, -0.2) is 5.94 Å². The molecule has 4 N–H and O–H groups in total. The number of hydrogen-bond donors (Lipinski definition) is 2. The lowest BCUT2D eigenvalue weighted by Gasteiger charge is -2.06. The zero-order valence-electron chi connectivity index (χ0n) is 5.42. The summed E-state index contributed by atoms with van der Waals surface area (Å²) in [5.41, 5.74) is 12.5. The van der Waals surface area contributed by atoms with E-state index in [1.165, 1.54) is 0 Å². The molecular formula is C7H8N2O. The van der Waals surface area contributed by atoms with E-state index in [4.69, 9.17) is 11.5 Å². The van der Waals surface area contributed by atoms with E-state index in [1.807, 2.05) is 0 Å². The molecule has 0 radical (unpaired) electrons. The van der Waals surface area contributed by atoms with Crippen LogP contribution in [0.15, 0.2) is 29.1 Å². The molecule has 3 heteroatoms. The highest BCUT2D eigenvalue weighted by molar-refractivity contribution is 5.60. The van der Waals surface area contributed by atoms with E-state index in [1.54, 1.807) is 18.1 Å². The predicted molar refractivity (Wildman–Crippen MR) is 38.4 cm³/mol. The summed E-state index contributed by atoms with van der Waals surface area (Å²) >= 11 is 0. The van der Waals surface area contributed by atoms with Crippen LogP contribution in [0.3, 0.4) is 0 Å². The van der Waals surface area contributed by atoms with Gasteiger partial charge in [0, 0.05) is 23.4 Å². The molecule has 0 fully saturated rings. The number of nitrogens with two attached hydrogens (primary N) is 2. The average Bonchev–Trinajstić information content (AvgIpc) is 1.85. The highest BCUT2D eigenvalue weighted by Gasteiger charge is 2.03. The quantitative estimate of drug-likeness (QED) is 0.454. The van der Waals surface area contributed by atoms with Crippen molar-refractivity contribution in [2.24, 2.45) is 11.5 Å². The van der Waals surface area contributed by atoms with E-state index >= 15 is 0 Å². The molecule has 0 unspecified atom stereocenters. The van der Waals surface area contributed by atoms with Crippen LogP contribution in [0.5, 0.6) is 0 Å². The van der Waals surface area contributed by atoms with Crippen molar-refractivity contribution < 1.29 is 4.79 Å². The molecule has 1 rings (SSSR count). The summed E-state index contributed by atoms with van der Waals surface area (Å²) in [6, 6.07) is 0. The lowest BCUT2D eigenvalue weighted by Crippen LogP contribution is -2.07. The molecule has 0 aliphatic heterocycles. The second-order valence-electron chi connectivity index (χ2n) is 2.17. The smallest absolute Gasteiger partial charge is 0.128 e. The fourth-order valence-electron chi connectivity index (χ4n) is 0.844. The van der Waals surface area contributed by atoms with Gasteiger partial charge in [-0.05, 0) is 12.2 Å². The second kappa shape index (κ2) is 2.42. The van der Waals surface area contributed by atoms with E-state index < -0.39 is 0 Å². The van der Waals surface area contributed by atoms with Gasteiger partial charge in [-0.3, -0.25) is 0 Å². The molecule has 0 saturated carbocycles. The van der Waals surface area contributed by atoms with Crippen LogP contribution in [0.1, 0.15) is 6.42 Å². The van der Waals surface area contributed by atoms with Gasteiger partial charge in [0.05, 0.1) is 0 Å². The molecule has 52 valence electrons. The zero-order chi connectivity index (χ0) is 7.56. The average molecular weight is 136 g/mol. The van der Waals surface area contributed by atoms with E-state index in [-0.39, 0.29) is 0 Å². The Morgan fingerprint density at radius 2 is 2.10 bits per heavy atom. The largest absolute Gasteiger partial charge is 0.402 e. The molecular weight excluding hydrogens is 128 g/mol. The topological polar surface area (TPSA) is 69.1 Å². The summed E-state index contributed by atoms with van der Waals surface area (Å²) in [4.78, 5) is 10.1. The first-order chi connectivity index (χ1) is 4.72. The van der Waals surface area contributed by atoms with Gasteiger partial charge < -0.3 is 11.5 Å². The van der Waals surface area contributed by atoms with Gasteiger partial charge in [0.25, 0.3) is 0 Å². The van der Waals surface area contributed by atoms with Gasteiger partial charge in [-0.1, -0.05) is 0 Å². The number of allylic oxidation sites excluding steroid dienone is 3. The minimum atomic E-state index is 0.462. The third-order valence-corrected chi connectivity index (χ3v) is 1.22. The molecule has 0 heterocycles. The van der Waals surface area contributed by atoms with Crippen LogP contribution in [0, 0.1) is 0 Å². The zero-order valence-corrected chi connectivity index (χ0v) is 5.42. The van der Waals surface area contributed by atoms with Crippen LogP contribution in [-0.2, 0) is 4.79 Å². The Bertz CT molecular complexity index is 257. The summed E-state index contributed by atoms with van der Waals surface area (Å²) in [6.45, 7) is 0. The monoisotopic (exact) mass is 136 g/mol. The number of hydrogen-bond acceptors (Lipinski definition) is 3. The standard InChI is InChI=1S/C7H8N2O/c8-6-1-5(4-10)2-7(9)3-6/h1,3H,2,8-9H2. The van der Waals surface area contributed by atoms with Crippen LogP contribution in [0.25, 0.3) is 0 Å². The van der Waals surface area contributed by atoms with E-state index in [2.05, 4.69) is 0 Å². The maximum atomic E-state index is 10.1. The summed E-state index contributed by atoms with van der Waals surface area (Å²) in [5.74, 6) is 1.75. The molecule has 1 aliphatic rings. The lowest BCUT2D eigenvalue weighted by molar-refractivity contribution is 0.567. The van der Waals surface area contributed by atoms with E-state index in [9.17, 15) is 4.79 Å². The van der Waals surface area contributed by atoms with E-state index in [0.29, 0.717) is 23.4 Å². The Hall–Kier alpha value is -1.47. The summed E-state index contributed by atoms with van der Waals surface area (Å²) in [5, 5.41) is 0. The SMILES string of the molecule is NC1=CC(=C=O)CC(N)=C1. The van der Waals surface area contributed by atoms with Crippen molar-refractivity contribution in [2.45, 2.75) is 6.42 Å². The molecule has 0 aromatic heterocycles. The van der Waals surface area contributed by atoms with Crippen molar-refractivity contribution in [1.82, 2.24) is 0 Å². The Morgan fingerprint density at radius 3 is 2.60 bits per heavy atom. The third kappa shape index (κ3) is 1.27. The van der Waals surface area contributed by atoms with Crippen molar-refractivity contribution in [2.75, 3.05) is 0 Å². The second-order valence-corrected chi connectivity index (χ2v) is 2.17. The molecule has 3 nitrogen and oxygen atoms in total. The molecule has 0 saturated heterocycles. The molecule has 0 amide bonds. The summed E-state index contributed by atoms with van der Waals surface area (Å²) in [7, 11) is 0. The molecule has 0 aromatic rings. The van der Waals surface area contributed by atoms with Crippen molar-refractivity contribution in [3.8, 4) is 0 Å². The fraction of sp³-hybridized carbons (Fsp3) is 0.143. The van der Waals surface area contributed by atoms with Crippen molar-refractivity contribution >= 4 is 5.94 Å². The third-order valence-electron chi connectivity index (χ3n) is 1.22. The minimum Gasteiger partial charge on any atom is -0.402 e. The van der Waals surface area contributed by atoms with Crippen molar-refractivity contribution in [1.29, 1.82) is 0 Å². The number of carbonyl (C=O) groups excluding carboxylic acids is 1. The normalized spacial score (nSPS) is 17.4. The van der Waals surface area contributed by atoms with Gasteiger partial charge in [0.15, 0.2) is 0 Å². The van der Waals surface area contributed by atoms with Crippen molar-refractivity contribution in [3.63, 3.8) is 0 Å². The molecule has 0 atom stereocenters. The van der Waals surface area contributed by atoms with Gasteiger partial charge in [-0.15, -0.1) is 0 Å². The van der Waals surface area contributed by atoms with Gasteiger partial charge in [0.2, 0.25) is 0 Å². The Labute approximate surface area is 58.7 Å². The number of rotatable bonds is 0. The van der Waals surface area contributed by atoms with Crippen molar-refractivity contribution in [3.05, 3.63) is 29.1 Å². The Kier molecular flexibility index (Phi) is 1.61. The summed E-state index contributed by atoms with van der Waals surface area (Å²) in [6.07, 6.45) is 3.68. The molecule has 0 bridgehead atoms. The van der Waals surface area contributed by atoms with Gasteiger partial charge in [-0.25, -0.2) is 4.79 Å². The maximum Gasteiger partial charge on any atom is 0.128 e. The van der Waals surface area contributed by atoms with Crippen LogP contribution in [0.4, 0.5) is 0 Å². The van der Waals surface area contributed by atoms with Gasteiger partial charge in [-0.2, -0.15) is 0 Å². The first-order valence-corrected chi connectivity index (χ1v) is 2.89. The fourth-order valence-corrected chi connectivity index (χ4v) is 0.844. The van der Waals surface area contributed by atoms with Crippen LogP contribution >= 0.6 is 0 Å². The highest BCUT2D eigenvalue weighted by Crippen LogP contribution is 2.13. The first-order valence-electron chi connectivity index (χ1n) is 2.89. The lowest BCUT2D eigenvalue weighted by atomic mass is 10.1. The van der Waals surface area contributed by atoms with Crippen LogP contribution in [0.2, 0.25) is 0 Å².